The number of hydrogen-bond acceptors (Lipinski definition) is 5. The van der Waals surface area contributed by atoms with Crippen LogP contribution in [0.2, 0.25) is 5.02 Å². The molecular weight excluding hydrogens is 500 g/mol. The summed E-state index contributed by atoms with van der Waals surface area (Å²) in [6.07, 6.45) is 4.66. The topological polar surface area (TPSA) is 97.2 Å². The van der Waals surface area contributed by atoms with E-state index in [1.54, 1.807) is 11.6 Å². The molecule has 3 aromatic rings. The van der Waals surface area contributed by atoms with Gasteiger partial charge in [0.25, 0.3) is 15.9 Å². The Bertz CT molecular complexity index is 1370. The molecule has 0 aliphatic carbocycles. The highest BCUT2D eigenvalue weighted by Gasteiger charge is 2.43. The van der Waals surface area contributed by atoms with E-state index in [0.717, 1.165) is 6.07 Å². The van der Waals surface area contributed by atoms with Gasteiger partial charge in [0.1, 0.15) is 11.6 Å². The summed E-state index contributed by atoms with van der Waals surface area (Å²) in [6, 6.07) is 5.15. The third kappa shape index (κ3) is 4.93. The van der Waals surface area contributed by atoms with Crippen molar-refractivity contribution < 1.29 is 22.0 Å². The average Bonchev–Trinajstić information content (AvgIpc) is 3.27. The van der Waals surface area contributed by atoms with Crippen LogP contribution in [0, 0.1) is 18.6 Å². The molecule has 1 fully saturated rings. The van der Waals surface area contributed by atoms with Gasteiger partial charge in [-0.15, -0.1) is 0 Å². The SMILES string of the molecule is Cc1cc(Cl)c(C(=O)NCC2(c3ncccc3F)CCN(S(=O)(=O)c3cn(C)cn3)CC2)cc1F. The quantitative estimate of drug-likeness (QED) is 0.535. The maximum absolute atomic E-state index is 14.8. The lowest BCUT2D eigenvalue weighted by Gasteiger charge is -2.40. The molecule has 186 valence electrons. The number of aryl methyl sites for hydroxylation is 2. The van der Waals surface area contributed by atoms with E-state index in [2.05, 4.69) is 15.3 Å². The lowest BCUT2D eigenvalue weighted by atomic mass is 9.75. The summed E-state index contributed by atoms with van der Waals surface area (Å²) in [5.74, 6) is -1.74. The molecule has 0 bridgehead atoms. The van der Waals surface area contributed by atoms with Gasteiger partial charge in [0, 0.05) is 44.5 Å². The van der Waals surface area contributed by atoms with Crippen molar-refractivity contribution in [3.8, 4) is 0 Å². The molecule has 0 radical (unpaired) electrons. The van der Waals surface area contributed by atoms with E-state index in [0.29, 0.717) is 5.56 Å². The lowest BCUT2D eigenvalue weighted by molar-refractivity contribution is 0.0930. The summed E-state index contributed by atoms with van der Waals surface area (Å²) >= 11 is 6.14. The van der Waals surface area contributed by atoms with Gasteiger partial charge in [-0.2, -0.15) is 4.31 Å². The van der Waals surface area contributed by atoms with E-state index in [1.165, 1.54) is 48.1 Å². The van der Waals surface area contributed by atoms with E-state index < -0.39 is 33.0 Å². The van der Waals surface area contributed by atoms with Gasteiger partial charge in [0.2, 0.25) is 0 Å². The van der Waals surface area contributed by atoms with Gasteiger partial charge >= 0.3 is 0 Å². The molecule has 4 rings (SSSR count). The van der Waals surface area contributed by atoms with Gasteiger partial charge in [0.05, 0.1) is 22.6 Å². The summed E-state index contributed by atoms with van der Waals surface area (Å²) < 4.78 is 57.7. The molecule has 0 unspecified atom stereocenters. The van der Waals surface area contributed by atoms with Crippen LogP contribution in [0.4, 0.5) is 8.78 Å². The predicted molar refractivity (Wildman–Crippen MR) is 126 cm³/mol. The molecule has 0 saturated carbocycles. The first-order chi connectivity index (χ1) is 16.5. The predicted octanol–water partition coefficient (Wildman–Crippen LogP) is 3.21. The summed E-state index contributed by atoms with van der Waals surface area (Å²) in [5.41, 5.74) is -0.578. The zero-order valence-corrected chi connectivity index (χ0v) is 20.7. The van der Waals surface area contributed by atoms with Crippen molar-refractivity contribution in [1.82, 2.24) is 24.2 Å². The Kier molecular flexibility index (Phi) is 6.94. The highest BCUT2D eigenvalue weighted by Crippen LogP contribution is 2.37. The first kappa shape index (κ1) is 25.2. The normalized spacial score (nSPS) is 16.3. The Morgan fingerprint density at radius 2 is 1.91 bits per heavy atom. The number of halogens is 3. The fourth-order valence-corrected chi connectivity index (χ4v) is 5.96. The summed E-state index contributed by atoms with van der Waals surface area (Å²) in [5, 5.41) is 2.76. The number of piperidine rings is 1. The highest BCUT2D eigenvalue weighted by molar-refractivity contribution is 7.89. The van der Waals surface area contributed by atoms with E-state index in [1.807, 2.05) is 0 Å². The van der Waals surface area contributed by atoms with Crippen LogP contribution in [0.3, 0.4) is 0 Å². The van der Waals surface area contributed by atoms with E-state index in [9.17, 15) is 22.0 Å². The van der Waals surface area contributed by atoms with Crippen LogP contribution >= 0.6 is 11.6 Å². The van der Waals surface area contributed by atoms with Crippen molar-refractivity contribution in [2.45, 2.75) is 30.2 Å². The molecule has 1 aliphatic heterocycles. The van der Waals surface area contributed by atoms with Crippen LogP contribution in [-0.4, -0.2) is 52.8 Å². The summed E-state index contributed by atoms with van der Waals surface area (Å²) in [4.78, 5) is 21.0. The molecule has 2 aromatic heterocycles. The number of rotatable bonds is 6. The van der Waals surface area contributed by atoms with Gasteiger partial charge in [-0.1, -0.05) is 11.6 Å². The number of carbonyl (C=O) groups excluding carboxylic acids is 1. The molecule has 1 saturated heterocycles. The minimum Gasteiger partial charge on any atom is -0.351 e. The molecule has 8 nitrogen and oxygen atoms in total. The number of hydrogen-bond donors (Lipinski definition) is 1. The van der Waals surface area contributed by atoms with Crippen molar-refractivity contribution in [3.05, 3.63) is 76.5 Å². The molecule has 0 atom stereocenters. The van der Waals surface area contributed by atoms with Crippen molar-refractivity contribution in [3.63, 3.8) is 0 Å². The Balaban J connectivity index is 1.58. The summed E-state index contributed by atoms with van der Waals surface area (Å²) in [6.45, 7) is 1.65. The average molecular weight is 524 g/mol. The highest BCUT2D eigenvalue weighted by atomic mass is 35.5. The van der Waals surface area contributed by atoms with Crippen molar-refractivity contribution in [1.29, 1.82) is 0 Å². The van der Waals surface area contributed by atoms with Gasteiger partial charge in [0.15, 0.2) is 5.03 Å². The lowest BCUT2D eigenvalue weighted by Crippen LogP contribution is -2.51. The smallest absolute Gasteiger partial charge is 0.262 e. The van der Waals surface area contributed by atoms with E-state index in [-0.39, 0.29) is 53.8 Å². The van der Waals surface area contributed by atoms with Crippen molar-refractivity contribution in [2.24, 2.45) is 7.05 Å². The van der Waals surface area contributed by atoms with Crippen molar-refractivity contribution in [2.75, 3.05) is 19.6 Å². The maximum Gasteiger partial charge on any atom is 0.262 e. The number of imidazole rings is 1. The van der Waals surface area contributed by atoms with Crippen molar-refractivity contribution >= 4 is 27.5 Å². The number of pyridine rings is 1. The van der Waals surface area contributed by atoms with Crippen LogP contribution < -0.4 is 5.32 Å². The molecule has 1 aliphatic rings. The Hall–Kier alpha value is -2.89. The van der Waals surface area contributed by atoms with Crippen LogP contribution in [-0.2, 0) is 22.5 Å². The molecule has 1 amide bonds. The first-order valence-corrected chi connectivity index (χ1v) is 12.7. The van der Waals surface area contributed by atoms with Gasteiger partial charge in [-0.25, -0.2) is 22.2 Å². The number of aromatic nitrogens is 3. The largest absolute Gasteiger partial charge is 0.351 e. The number of benzene rings is 1. The molecular formula is C23H24ClF2N5O3S. The molecule has 35 heavy (non-hydrogen) atoms. The molecule has 1 aromatic carbocycles. The van der Waals surface area contributed by atoms with Crippen LogP contribution in [0.25, 0.3) is 0 Å². The fraction of sp³-hybridized carbons (Fsp3) is 0.348. The molecule has 3 heterocycles. The van der Waals surface area contributed by atoms with Gasteiger partial charge < -0.3 is 9.88 Å². The molecule has 0 spiro atoms. The minimum absolute atomic E-state index is 0.0386. The summed E-state index contributed by atoms with van der Waals surface area (Å²) in [7, 11) is -2.16. The monoisotopic (exact) mass is 523 g/mol. The number of nitrogens with one attached hydrogen (secondary N) is 1. The second-order valence-electron chi connectivity index (χ2n) is 8.66. The number of sulfonamides is 1. The Morgan fingerprint density at radius 1 is 1.20 bits per heavy atom. The Morgan fingerprint density at radius 3 is 2.54 bits per heavy atom. The fourth-order valence-electron chi connectivity index (χ4n) is 4.25. The zero-order valence-electron chi connectivity index (χ0n) is 19.1. The van der Waals surface area contributed by atoms with Crippen LogP contribution in [0.1, 0.15) is 34.5 Å². The third-order valence-corrected chi connectivity index (χ3v) is 8.40. The number of nitrogens with zero attached hydrogens (tertiary/aromatic N) is 4. The maximum atomic E-state index is 14.8. The first-order valence-electron chi connectivity index (χ1n) is 10.9. The van der Waals surface area contributed by atoms with Crippen LogP contribution in [0.15, 0.2) is 48.0 Å². The standard InChI is InChI=1S/C23H24ClF2N5O3S/c1-15-10-17(24)16(11-19(15)26)22(32)28-13-23(21-18(25)4-3-7-27-21)5-8-31(9-6-23)35(33,34)20-12-30(2)14-29-20/h3-4,7,10-12,14H,5-6,8-9,13H2,1-2H3,(H,28,32). The van der Waals surface area contributed by atoms with Crippen LogP contribution in [0.5, 0.6) is 0 Å². The van der Waals surface area contributed by atoms with E-state index >= 15 is 0 Å². The minimum atomic E-state index is -3.83. The van der Waals surface area contributed by atoms with Gasteiger partial charge in [-0.05, 0) is 49.6 Å². The second kappa shape index (κ2) is 9.63. The van der Waals surface area contributed by atoms with Gasteiger partial charge in [-0.3, -0.25) is 9.78 Å². The third-order valence-electron chi connectivity index (χ3n) is 6.31. The van der Waals surface area contributed by atoms with E-state index in [4.69, 9.17) is 11.6 Å². The second-order valence-corrected chi connectivity index (χ2v) is 11.0. The Labute approximate surface area is 207 Å². The number of carbonyl (C=O) groups is 1. The molecule has 1 N–H and O–H groups in total. The zero-order chi connectivity index (χ0) is 25.4. The number of amides is 1. The molecule has 12 heteroatoms.